The van der Waals surface area contributed by atoms with Gasteiger partial charge in [-0.25, -0.2) is 8.42 Å². The third-order valence-corrected chi connectivity index (χ3v) is 6.53. The summed E-state index contributed by atoms with van der Waals surface area (Å²) in [5.41, 5.74) is 0.635. The molecule has 2 heterocycles. The molecule has 1 aromatic carbocycles. The summed E-state index contributed by atoms with van der Waals surface area (Å²) in [6.07, 6.45) is 1.04. The van der Waals surface area contributed by atoms with E-state index >= 15 is 0 Å². The van der Waals surface area contributed by atoms with E-state index in [1.165, 1.54) is 4.90 Å². The standard InChI is InChI=1S/C21H27N3O5S/c1-15-5-8-17(9-6-15)11-22-20(26)21(3)14-23(30(4,27)28)13-19(25)24(21)12-18-10-7-16(2)29-18/h5-10H,11-14H2,1-4H3,(H,22,26)/t21-/m0/s1. The Bertz CT molecular complexity index is 1040. The van der Waals surface area contributed by atoms with E-state index < -0.39 is 27.4 Å². The molecule has 1 fully saturated rings. The summed E-state index contributed by atoms with van der Waals surface area (Å²) in [6.45, 7) is 5.28. The van der Waals surface area contributed by atoms with Crippen molar-refractivity contribution < 1.29 is 22.4 Å². The lowest BCUT2D eigenvalue weighted by Gasteiger charge is -2.46. The van der Waals surface area contributed by atoms with E-state index in [2.05, 4.69) is 5.32 Å². The maximum absolute atomic E-state index is 13.2. The zero-order valence-electron chi connectivity index (χ0n) is 17.6. The van der Waals surface area contributed by atoms with Crippen LogP contribution in [0.15, 0.2) is 40.8 Å². The van der Waals surface area contributed by atoms with Crippen molar-refractivity contribution in [2.75, 3.05) is 19.3 Å². The molecule has 1 aliphatic rings. The van der Waals surface area contributed by atoms with Gasteiger partial charge in [-0.2, -0.15) is 4.31 Å². The molecule has 8 nitrogen and oxygen atoms in total. The van der Waals surface area contributed by atoms with Crippen molar-refractivity contribution >= 4 is 21.8 Å². The number of hydrogen-bond acceptors (Lipinski definition) is 5. The average molecular weight is 434 g/mol. The predicted molar refractivity (Wildman–Crippen MR) is 112 cm³/mol. The molecule has 2 amide bonds. The Morgan fingerprint density at radius 3 is 2.40 bits per heavy atom. The van der Waals surface area contributed by atoms with Crippen molar-refractivity contribution in [3.8, 4) is 0 Å². The summed E-state index contributed by atoms with van der Waals surface area (Å²) >= 11 is 0. The van der Waals surface area contributed by atoms with Crippen LogP contribution in [0.25, 0.3) is 0 Å². The minimum absolute atomic E-state index is 0.0821. The first-order valence-corrected chi connectivity index (χ1v) is 11.5. The monoisotopic (exact) mass is 433 g/mol. The summed E-state index contributed by atoms with van der Waals surface area (Å²) in [6, 6.07) is 11.2. The summed E-state index contributed by atoms with van der Waals surface area (Å²) in [4.78, 5) is 27.5. The maximum Gasteiger partial charge on any atom is 0.247 e. The van der Waals surface area contributed by atoms with E-state index in [9.17, 15) is 18.0 Å². The molecule has 1 aromatic heterocycles. The van der Waals surface area contributed by atoms with Gasteiger partial charge in [0.05, 0.1) is 19.3 Å². The van der Waals surface area contributed by atoms with E-state index in [0.29, 0.717) is 11.5 Å². The van der Waals surface area contributed by atoms with E-state index in [1.807, 2.05) is 31.2 Å². The first-order chi connectivity index (χ1) is 14.0. The van der Waals surface area contributed by atoms with Gasteiger partial charge in [0.1, 0.15) is 17.1 Å². The molecule has 0 unspecified atom stereocenters. The predicted octanol–water partition coefficient (Wildman–Crippen LogP) is 1.58. The van der Waals surface area contributed by atoms with Gasteiger partial charge in [-0.1, -0.05) is 29.8 Å². The van der Waals surface area contributed by atoms with Crippen molar-refractivity contribution in [3.63, 3.8) is 0 Å². The van der Waals surface area contributed by atoms with Crippen LogP contribution in [-0.4, -0.2) is 54.3 Å². The molecule has 30 heavy (non-hydrogen) atoms. The van der Waals surface area contributed by atoms with Crippen LogP contribution in [0.3, 0.4) is 0 Å². The lowest BCUT2D eigenvalue weighted by atomic mass is 9.95. The van der Waals surface area contributed by atoms with Crippen LogP contribution < -0.4 is 5.32 Å². The second kappa shape index (κ2) is 8.23. The highest BCUT2D eigenvalue weighted by Gasteiger charge is 2.49. The molecule has 1 saturated heterocycles. The van der Waals surface area contributed by atoms with Gasteiger partial charge < -0.3 is 14.6 Å². The molecule has 0 radical (unpaired) electrons. The highest BCUT2D eigenvalue weighted by molar-refractivity contribution is 7.88. The number of nitrogens with zero attached hydrogens (tertiary/aromatic N) is 2. The van der Waals surface area contributed by atoms with Crippen molar-refractivity contribution in [2.24, 2.45) is 0 Å². The van der Waals surface area contributed by atoms with Gasteiger partial charge in [-0.15, -0.1) is 0 Å². The Balaban J connectivity index is 1.86. The average Bonchev–Trinajstić information content (AvgIpc) is 3.08. The highest BCUT2D eigenvalue weighted by Crippen LogP contribution is 2.27. The molecular weight excluding hydrogens is 406 g/mol. The number of sulfonamides is 1. The van der Waals surface area contributed by atoms with Gasteiger partial charge in [0, 0.05) is 13.1 Å². The molecule has 1 N–H and O–H groups in total. The molecule has 1 atom stereocenters. The Kier molecular flexibility index (Phi) is 6.05. The quantitative estimate of drug-likeness (QED) is 0.746. The molecule has 162 valence electrons. The second-order valence-electron chi connectivity index (χ2n) is 7.97. The van der Waals surface area contributed by atoms with Crippen LogP contribution in [0, 0.1) is 13.8 Å². The fraction of sp³-hybridized carbons (Fsp3) is 0.429. The van der Waals surface area contributed by atoms with Gasteiger partial charge >= 0.3 is 0 Å². The normalized spacial score (nSPS) is 20.4. The minimum atomic E-state index is -3.64. The molecule has 2 aromatic rings. The van der Waals surface area contributed by atoms with E-state index in [4.69, 9.17) is 4.42 Å². The molecule has 0 saturated carbocycles. The maximum atomic E-state index is 13.2. The topological polar surface area (TPSA) is 99.9 Å². The molecule has 3 rings (SSSR count). The number of furan rings is 1. The van der Waals surface area contributed by atoms with Gasteiger partial charge in [0.2, 0.25) is 21.8 Å². The van der Waals surface area contributed by atoms with Crippen LogP contribution in [0.5, 0.6) is 0 Å². The Hall–Kier alpha value is -2.65. The molecule has 0 bridgehead atoms. The van der Waals surface area contributed by atoms with Crippen LogP contribution >= 0.6 is 0 Å². The molecule has 0 aliphatic carbocycles. The number of benzene rings is 1. The van der Waals surface area contributed by atoms with Crippen molar-refractivity contribution in [1.82, 2.24) is 14.5 Å². The van der Waals surface area contributed by atoms with Gasteiger partial charge in [-0.3, -0.25) is 9.59 Å². The van der Waals surface area contributed by atoms with Crippen molar-refractivity contribution in [1.29, 1.82) is 0 Å². The zero-order valence-corrected chi connectivity index (χ0v) is 18.5. The SMILES string of the molecule is Cc1ccc(CNC(=O)[C@]2(C)CN(S(C)(=O)=O)CC(=O)N2Cc2ccc(C)o2)cc1. The third kappa shape index (κ3) is 4.73. The van der Waals surface area contributed by atoms with Crippen molar-refractivity contribution in [2.45, 2.75) is 39.4 Å². The Morgan fingerprint density at radius 2 is 1.83 bits per heavy atom. The number of carbonyl (C=O) groups is 2. The Labute approximate surface area is 176 Å². The van der Waals surface area contributed by atoms with Crippen LogP contribution in [0.1, 0.15) is 29.6 Å². The summed E-state index contributed by atoms with van der Waals surface area (Å²) in [7, 11) is -3.64. The fourth-order valence-corrected chi connectivity index (χ4v) is 4.32. The molecule has 9 heteroatoms. The summed E-state index contributed by atoms with van der Waals surface area (Å²) in [5.74, 6) is 0.353. The number of carbonyl (C=O) groups excluding carboxylic acids is 2. The van der Waals surface area contributed by atoms with Gasteiger partial charge in [0.15, 0.2) is 0 Å². The van der Waals surface area contributed by atoms with E-state index in [-0.39, 0.29) is 26.2 Å². The number of nitrogens with one attached hydrogen (secondary N) is 1. The Morgan fingerprint density at radius 1 is 1.17 bits per heavy atom. The number of piperazine rings is 1. The largest absolute Gasteiger partial charge is 0.464 e. The van der Waals surface area contributed by atoms with Gasteiger partial charge in [0.25, 0.3) is 0 Å². The lowest BCUT2D eigenvalue weighted by Crippen LogP contribution is -2.69. The molecule has 1 aliphatic heterocycles. The van der Waals surface area contributed by atoms with E-state index in [0.717, 1.165) is 21.7 Å². The molecular formula is C21H27N3O5S. The number of rotatable bonds is 6. The zero-order chi connectivity index (χ0) is 22.1. The first kappa shape index (κ1) is 22.0. The minimum Gasteiger partial charge on any atom is -0.464 e. The highest BCUT2D eigenvalue weighted by atomic mass is 32.2. The van der Waals surface area contributed by atoms with Crippen LogP contribution in [0.2, 0.25) is 0 Å². The van der Waals surface area contributed by atoms with Gasteiger partial charge in [-0.05, 0) is 38.5 Å². The van der Waals surface area contributed by atoms with E-state index in [1.54, 1.807) is 26.0 Å². The second-order valence-corrected chi connectivity index (χ2v) is 9.95. The summed E-state index contributed by atoms with van der Waals surface area (Å²) < 4.78 is 30.9. The lowest BCUT2D eigenvalue weighted by molar-refractivity contribution is -0.154. The van der Waals surface area contributed by atoms with Crippen LogP contribution in [0.4, 0.5) is 0 Å². The summed E-state index contributed by atoms with van der Waals surface area (Å²) in [5, 5.41) is 2.86. The number of amides is 2. The van der Waals surface area contributed by atoms with Crippen molar-refractivity contribution in [3.05, 3.63) is 59.0 Å². The first-order valence-electron chi connectivity index (χ1n) is 9.64. The third-order valence-electron chi connectivity index (χ3n) is 5.33. The smallest absolute Gasteiger partial charge is 0.247 e. The van der Waals surface area contributed by atoms with Crippen LogP contribution in [-0.2, 0) is 32.7 Å². The fourth-order valence-electron chi connectivity index (χ4n) is 3.49. The number of hydrogen-bond donors (Lipinski definition) is 1. The number of aryl methyl sites for hydroxylation is 2. The molecule has 0 spiro atoms.